The molecular weight excluding hydrogens is 423 g/mol. The Morgan fingerprint density at radius 2 is 1.90 bits per heavy atom. The molecule has 0 aliphatic carbocycles. The van der Waals surface area contributed by atoms with Gasteiger partial charge in [-0.2, -0.15) is 0 Å². The molecule has 0 heterocycles. The number of carbonyl (C=O) groups is 1. The fourth-order valence-electron chi connectivity index (χ4n) is 1.64. The Kier molecular flexibility index (Phi) is 5.08. The van der Waals surface area contributed by atoms with Crippen molar-refractivity contribution in [3.63, 3.8) is 0 Å². The summed E-state index contributed by atoms with van der Waals surface area (Å²) in [7, 11) is 0. The molecule has 0 saturated heterocycles. The van der Waals surface area contributed by atoms with Crippen molar-refractivity contribution in [2.75, 3.05) is 5.32 Å². The molecule has 1 amide bonds. The van der Waals surface area contributed by atoms with Crippen LogP contribution in [0.25, 0.3) is 0 Å². The summed E-state index contributed by atoms with van der Waals surface area (Å²) in [6.45, 7) is 0. The predicted molar refractivity (Wildman–Crippen MR) is 92.1 cm³/mol. The quantitative estimate of drug-likeness (QED) is 0.714. The second kappa shape index (κ2) is 6.64. The summed E-state index contributed by atoms with van der Waals surface area (Å²) in [4.78, 5) is 12.4. The van der Waals surface area contributed by atoms with Crippen LogP contribution >= 0.6 is 44.1 Å². The van der Waals surface area contributed by atoms with E-state index in [-0.39, 0.29) is 15.0 Å². The first-order chi connectivity index (χ1) is 9.90. The Morgan fingerprint density at radius 3 is 2.52 bits per heavy atom. The number of thiocarbonyl (C=S) groups is 1. The molecule has 2 aromatic rings. The normalized spacial score (nSPS) is 10.2. The number of benzene rings is 2. The van der Waals surface area contributed by atoms with E-state index >= 15 is 0 Å². The summed E-state index contributed by atoms with van der Waals surface area (Å²) in [5.41, 5.74) is 6.65. The van der Waals surface area contributed by atoms with Crippen molar-refractivity contribution in [3.05, 3.63) is 62.3 Å². The molecule has 0 spiro atoms. The summed E-state index contributed by atoms with van der Waals surface area (Å²) in [5.74, 6) is -1.15. The maximum absolute atomic E-state index is 13.9. The van der Waals surface area contributed by atoms with Gasteiger partial charge in [-0.25, -0.2) is 4.39 Å². The third-order valence-corrected chi connectivity index (χ3v) is 4.20. The van der Waals surface area contributed by atoms with Crippen molar-refractivity contribution in [2.24, 2.45) is 5.73 Å². The Labute approximate surface area is 143 Å². The second-order valence-corrected chi connectivity index (χ2v) is 6.26. The van der Waals surface area contributed by atoms with Crippen LogP contribution in [0.2, 0.25) is 0 Å². The summed E-state index contributed by atoms with van der Waals surface area (Å²) in [6.07, 6.45) is 0. The monoisotopic (exact) mass is 430 g/mol. The van der Waals surface area contributed by atoms with Gasteiger partial charge in [0.05, 0.1) is 15.7 Å². The topological polar surface area (TPSA) is 55.1 Å². The molecule has 0 aromatic heterocycles. The molecule has 0 fully saturated rings. The van der Waals surface area contributed by atoms with Crippen LogP contribution in [0.15, 0.2) is 45.3 Å². The Morgan fingerprint density at radius 1 is 1.19 bits per heavy atom. The number of rotatable bonds is 3. The van der Waals surface area contributed by atoms with Crippen molar-refractivity contribution in [3.8, 4) is 0 Å². The molecule has 2 aromatic carbocycles. The molecule has 2 rings (SSSR count). The minimum atomic E-state index is -0.606. The first kappa shape index (κ1) is 16.1. The highest BCUT2D eigenvalue weighted by Crippen LogP contribution is 2.25. The number of nitrogens with one attached hydrogen (secondary N) is 1. The number of amides is 1. The average molecular weight is 432 g/mol. The van der Waals surface area contributed by atoms with Gasteiger partial charge in [-0.05, 0) is 62.2 Å². The molecule has 0 aliphatic rings. The molecule has 108 valence electrons. The van der Waals surface area contributed by atoms with Gasteiger partial charge in [0.2, 0.25) is 0 Å². The number of carbonyl (C=O) groups excluding carboxylic acids is 1. The fraction of sp³-hybridized carbons (Fsp3) is 0. The van der Waals surface area contributed by atoms with Crippen LogP contribution in [0.3, 0.4) is 0 Å². The van der Waals surface area contributed by atoms with Crippen molar-refractivity contribution in [1.82, 2.24) is 0 Å². The van der Waals surface area contributed by atoms with Crippen LogP contribution in [0.4, 0.5) is 10.1 Å². The number of hydrogen-bond donors (Lipinski definition) is 2. The highest BCUT2D eigenvalue weighted by Gasteiger charge is 2.15. The van der Waals surface area contributed by atoms with Gasteiger partial charge in [-0.3, -0.25) is 4.79 Å². The third-order valence-electron chi connectivity index (χ3n) is 2.70. The summed E-state index contributed by atoms with van der Waals surface area (Å²) in [6, 6.07) is 9.54. The molecule has 3 N–H and O–H groups in total. The molecule has 0 saturated carbocycles. The third kappa shape index (κ3) is 3.66. The van der Waals surface area contributed by atoms with Gasteiger partial charge in [0.15, 0.2) is 0 Å². The van der Waals surface area contributed by atoms with Gasteiger partial charge in [0.1, 0.15) is 10.8 Å². The first-order valence-corrected chi connectivity index (χ1v) is 7.74. The standard InChI is InChI=1S/C14H9Br2FN2OS/c15-9-3-1-2-8(12(9)17)14(20)19-11-5-4-7(13(18)21)6-10(11)16/h1-6H,(H2,18,21)(H,19,20). The van der Waals surface area contributed by atoms with Gasteiger partial charge < -0.3 is 11.1 Å². The van der Waals surface area contributed by atoms with E-state index < -0.39 is 11.7 Å². The second-order valence-electron chi connectivity index (χ2n) is 4.11. The lowest BCUT2D eigenvalue weighted by Crippen LogP contribution is -2.15. The average Bonchev–Trinajstić information content (AvgIpc) is 2.43. The Bertz CT molecular complexity index is 737. The molecule has 0 bridgehead atoms. The van der Waals surface area contributed by atoms with Gasteiger partial charge in [-0.1, -0.05) is 18.3 Å². The predicted octanol–water partition coefficient (Wildman–Crippen LogP) is 4.24. The van der Waals surface area contributed by atoms with Crippen LogP contribution in [-0.4, -0.2) is 10.9 Å². The first-order valence-electron chi connectivity index (χ1n) is 5.75. The maximum atomic E-state index is 13.9. The number of halogens is 3. The minimum Gasteiger partial charge on any atom is -0.389 e. The van der Waals surface area contributed by atoms with E-state index in [1.807, 2.05) is 0 Å². The van der Waals surface area contributed by atoms with Crippen LogP contribution in [0.1, 0.15) is 15.9 Å². The Balaban J connectivity index is 2.28. The lowest BCUT2D eigenvalue weighted by atomic mass is 10.1. The van der Waals surface area contributed by atoms with Crippen molar-refractivity contribution < 1.29 is 9.18 Å². The zero-order chi connectivity index (χ0) is 15.6. The molecule has 0 radical (unpaired) electrons. The van der Waals surface area contributed by atoms with E-state index in [1.54, 1.807) is 24.3 Å². The number of anilines is 1. The lowest BCUT2D eigenvalue weighted by molar-refractivity contribution is 0.102. The summed E-state index contributed by atoms with van der Waals surface area (Å²) < 4.78 is 14.7. The van der Waals surface area contributed by atoms with E-state index in [0.29, 0.717) is 15.7 Å². The van der Waals surface area contributed by atoms with Gasteiger partial charge in [0, 0.05) is 10.0 Å². The zero-order valence-corrected chi connectivity index (χ0v) is 14.5. The summed E-state index contributed by atoms with van der Waals surface area (Å²) >= 11 is 11.2. The van der Waals surface area contributed by atoms with Crippen molar-refractivity contribution in [2.45, 2.75) is 0 Å². The summed E-state index contributed by atoms with van der Waals surface area (Å²) in [5, 5.41) is 2.63. The van der Waals surface area contributed by atoms with E-state index in [4.69, 9.17) is 18.0 Å². The maximum Gasteiger partial charge on any atom is 0.258 e. The molecule has 0 atom stereocenters. The minimum absolute atomic E-state index is 0.0466. The van der Waals surface area contributed by atoms with Crippen LogP contribution in [-0.2, 0) is 0 Å². The van der Waals surface area contributed by atoms with Crippen LogP contribution in [0.5, 0.6) is 0 Å². The Hall–Kier alpha value is -1.31. The van der Waals surface area contributed by atoms with Crippen LogP contribution < -0.4 is 11.1 Å². The lowest BCUT2D eigenvalue weighted by Gasteiger charge is -2.10. The largest absolute Gasteiger partial charge is 0.389 e. The van der Waals surface area contributed by atoms with Gasteiger partial charge in [0.25, 0.3) is 5.91 Å². The number of hydrogen-bond acceptors (Lipinski definition) is 2. The SMILES string of the molecule is NC(=S)c1ccc(NC(=O)c2cccc(Br)c2F)c(Br)c1. The molecule has 0 aliphatic heterocycles. The van der Waals surface area contributed by atoms with E-state index in [2.05, 4.69) is 37.2 Å². The van der Waals surface area contributed by atoms with E-state index in [0.717, 1.165) is 0 Å². The van der Waals surface area contributed by atoms with Gasteiger partial charge in [-0.15, -0.1) is 0 Å². The van der Waals surface area contributed by atoms with Crippen molar-refractivity contribution >= 4 is 60.7 Å². The van der Waals surface area contributed by atoms with Gasteiger partial charge >= 0.3 is 0 Å². The number of nitrogens with two attached hydrogens (primary N) is 1. The van der Waals surface area contributed by atoms with Crippen molar-refractivity contribution in [1.29, 1.82) is 0 Å². The van der Waals surface area contributed by atoms with E-state index in [9.17, 15) is 9.18 Å². The highest BCUT2D eigenvalue weighted by molar-refractivity contribution is 9.10. The molecule has 3 nitrogen and oxygen atoms in total. The molecule has 0 unspecified atom stereocenters. The van der Waals surface area contributed by atoms with E-state index in [1.165, 1.54) is 12.1 Å². The van der Waals surface area contributed by atoms with Crippen LogP contribution in [0, 0.1) is 5.82 Å². The molecule has 7 heteroatoms. The smallest absolute Gasteiger partial charge is 0.258 e. The fourth-order valence-corrected chi connectivity index (χ4v) is 2.61. The zero-order valence-electron chi connectivity index (χ0n) is 10.5. The molecular formula is C14H9Br2FN2OS. The highest BCUT2D eigenvalue weighted by atomic mass is 79.9. The molecule has 21 heavy (non-hydrogen) atoms.